The smallest absolute Gasteiger partial charge is 0.343 e. The first-order valence-corrected chi connectivity index (χ1v) is 17.2. The predicted octanol–water partition coefficient (Wildman–Crippen LogP) is 8.31. The van der Waals surface area contributed by atoms with E-state index < -0.39 is 36.5 Å². The molecule has 0 spiro atoms. The van der Waals surface area contributed by atoms with Gasteiger partial charge in [0, 0.05) is 5.92 Å². The summed E-state index contributed by atoms with van der Waals surface area (Å²) < 4.78 is 38.0. The van der Waals surface area contributed by atoms with Crippen LogP contribution in [0.4, 0.5) is 0 Å². The summed E-state index contributed by atoms with van der Waals surface area (Å²) in [4.78, 5) is 26.2. The quantitative estimate of drug-likeness (QED) is 0.0852. The highest BCUT2D eigenvalue weighted by molar-refractivity contribution is 5.91. The molecule has 1 fully saturated rings. The van der Waals surface area contributed by atoms with Gasteiger partial charge in [-0.05, 0) is 65.6 Å². The molecule has 0 radical (unpaired) electrons. The Balaban J connectivity index is 1.28. The zero-order valence-electron chi connectivity index (χ0n) is 28.7. The van der Waals surface area contributed by atoms with Crippen LogP contribution in [0.25, 0.3) is 0 Å². The van der Waals surface area contributed by atoms with Crippen molar-refractivity contribution in [2.45, 2.75) is 51.7 Å². The Bertz CT molecular complexity index is 1800. The molecule has 1 aliphatic rings. The lowest BCUT2D eigenvalue weighted by Gasteiger charge is -2.47. The fraction of sp³-hybridized carbons (Fsp3) is 0.256. The fourth-order valence-electron chi connectivity index (χ4n) is 6.17. The molecule has 8 heteroatoms. The molecule has 5 atom stereocenters. The van der Waals surface area contributed by atoms with E-state index in [9.17, 15) is 9.59 Å². The van der Waals surface area contributed by atoms with Crippen molar-refractivity contribution in [1.29, 1.82) is 0 Å². The molecule has 1 unspecified atom stereocenters. The van der Waals surface area contributed by atoms with Gasteiger partial charge in [-0.2, -0.15) is 0 Å². The molecule has 1 aliphatic heterocycles. The van der Waals surface area contributed by atoms with Crippen LogP contribution in [0, 0.1) is 11.8 Å². The molecule has 0 saturated carbocycles. The minimum absolute atomic E-state index is 0.0635. The SMILES string of the molecule is CC(C)[C@H]1[C@H](OCc2ccccc2)[C@H](OC(=O)c2ccccc2)C(Oc2ccc(OC(=O)c3ccccc3)cc2)O[C@@H]1COCc1ccccc1. The highest BCUT2D eigenvalue weighted by atomic mass is 16.7. The Labute approximate surface area is 298 Å². The second kappa shape index (κ2) is 17.6. The molecule has 0 bridgehead atoms. The normalized spacial score (nSPS) is 20.0. The summed E-state index contributed by atoms with van der Waals surface area (Å²) in [7, 11) is 0. The number of carbonyl (C=O) groups excluding carboxylic acids is 2. The van der Waals surface area contributed by atoms with Crippen LogP contribution in [0.15, 0.2) is 146 Å². The average Bonchev–Trinajstić information content (AvgIpc) is 3.17. The Hall–Kier alpha value is -5.28. The van der Waals surface area contributed by atoms with Gasteiger partial charge in [-0.25, -0.2) is 9.59 Å². The van der Waals surface area contributed by atoms with Crippen molar-refractivity contribution in [2.75, 3.05) is 6.61 Å². The van der Waals surface area contributed by atoms with Gasteiger partial charge < -0.3 is 28.4 Å². The van der Waals surface area contributed by atoms with E-state index >= 15 is 0 Å². The average molecular weight is 687 g/mol. The van der Waals surface area contributed by atoms with Crippen molar-refractivity contribution in [3.63, 3.8) is 0 Å². The van der Waals surface area contributed by atoms with Gasteiger partial charge in [0.1, 0.15) is 17.6 Å². The minimum atomic E-state index is -1.06. The van der Waals surface area contributed by atoms with E-state index in [0.29, 0.717) is 35.8 Å². The van der Waals surface area contributed by atoms with Crippen molar-refractivity contribution in [1.82, 2.24) is 0 Å². The van der Waals surface area contributed by atoms with Gasteiger partial charge in [0.25, 0.3) is 0 Å². The van der Waals surface area contributed by atoms with Crippen LogP contribution < -0.4 is 9.47 Å². The largest absolute Gasteiger partial charge is 0.461 e. The van der Waals surface area contributed by atoms with Crippen LogP contribution in [0.3, 0.4) is 0 Å². The number of ether oxygens (including phenoxy) is 6. The maximum absolute atomic E-state index is 13.6. The van der Waals surface area contributed by atoms with Crippen LogP contribution in [0.2, 0.25) is 0 Å². The number of hydrogen-bond donors (Lipinski definition) is 0. The van der Waals surface area contributed by atoms with Crippen LogP contribution in [-0.2, 0) is 32.2 Å². The fourth-order valence-corrected chi connectivity index (χ4v) is 6.17. The third-order valence-corrected chi connectivity index (χ3v) is 8.71. The standard InChI is InChI=1S/C43H42O8/c1-30(2)38-37(29-46-27-31-15-7-3-8-16-31)50-43(49-36-25-23-35(24-26-36)48-41(44)33-19-11-5-12-20-33)40(51-42(45)34-21-13-6-14-22-34)39(38)47-28-32-17-9-4-10-18-32/h3-26,30,37-40,43H,27-29H2,1-2H3/t37-,38-,39+,40+,43?/m1/s1. The second-order valence-electron chi connectivity index (χ2n) is 12.7. The number of esters is 2. The molecule has 0 aliphatic carbocycles. The molecular formula is C43H42O8. The van der Waals surface area contributed by atoms with Gasteiger partial charge in [-0.1, -0.05) is 111 Å². The monoisotopic (exact) mass is 686 g/mol. The molecule has 0 aromatic heterocycles. The Morgan fingerprint density at radius 3 is 1.69 bits per heavy atom. The van der Waals surface area contributed by atoms with Crippen LogP contribution in [0.5, 0.6) is 11.5 Å². The maximum atomic E-state index is 13.6. The number of benzene rings is 5. The molecule has 1 heterocycles. The molecule has 262 valence electrons. The van der Waals surface area contributed by atoms with E-state index in [1.165, 1.54) is 0 Å². The highest BCUT2D eigenvalue weighted by Gasteiger charge is 2.51. The highest BCUT2D eigenvalue weighted by Crippen LogP contribution is 2.37. The lowest BCUT2D eigenvalue weighted by molar-refractivity contribution is -0.282. The van der Waals surface area contributed by atoms with Crippen LogP contribution >= 0.6 is 0 Å². The van der Waals surface area contributed by atoms with Crippen molar-refractivity contribution in [3.05, 3.63) is 168 Å². The van der Waals surface area contributed by atoms with Gasteiger partial charge in [0.15, 0.2) is 6.10 Å². The Kier molecular flexibility index (Phi) is 12.3. The van der Waals surface area contributed by atoms with Gasteiger partial charge in [-0.15, -0.1) is 0 Å². The first kappa shape index (κ1) is 35.5. The molecule has 51 heavy (non-hydrogen) atoms. The molecule has 5 aromatic rings. The van der Waals surface area contributed by atoms with Crippen LogP contribution in [-0.4, -0.2) is 43.1 Å². The zero-order chi connectivity index (χ0) is 35.4. The Morgan fingerprint density at radius 2 is 1.12 bits per heavy atom. The molecule has 5 aromatic carbocycles. The number of carbonyl (C=O) groups is 2. The van der Waals surface area contributed by atoms with Crippen molar-refractivity contribution < 1.29 is 38.0 Å². The molecule has 0 N–H and O–H groups in total. The summed E-state index contributed by atoms with van der Waals surface area (Å²) in [5, 5.41) is 0. The third-order valence-electron chi connectivity index (χ3n) is 8.71. The van der Waals surface area contributed by atoms with E-state index in [4.69, 9.17) is 28.4 Å². The van der Waals surface area contributed by atoms with Crippen molar-refractivity contribution in [2.24, 2.45) is 11.8 Å². The Morgan fingerprint density at radius 1 is 0.608 bits per heavy atom. The van der Waals surface area contributed by atoms with Crippen LogP contribution in [0.1, 0.15) is 45.7 Å². The van der Waals surface area contributed by atoms with E-state index in [1.54, 1.807) is 72.8 Å². The van der Waals surface area contributed by atoms with E-state index in [2.05, 4.69) is 13.8 Å². The maximum Gasteiger partial charge on any atom is 0.343 e. The molecular weight excluding hydrogens is 644 g/mol. The lowest BCUT2D eigenvalue weighted by Crippen LogP contribution is -2.60. The summed E-state index contributed by atoms with van der Waals surface area (Å²) in [5.41, 5.74) is 2.87. The third kappa shape index (κ3) is 9.70. The topological polar surface area (TPSA) is 89.5 Å². The van der Waals surface area contributed by atoms with Crippen molar-refractivity contribution >= 4 is 11.9 Å². The van der Waals surface area contributed by atoms with E-state index in [0.717, 1.165) is 11.1 Å². The van der Waals surface area contributed by atoms with Gasteiger partial charge in [0.05, 0.1) is 37.1 Å². The second-order valence-corrected chi connectivity index (χ2v) is 12.7. The number of hydrogen-bond acceptors (Lipinski definition) is 8. The summed E-state index contributed by atoms with van der Waals surface area (Å²) in [6.45, 7) is 5.16. The van der Waals surface area contributed by atoms with Crippen molar-refractivity contribution in [3.8, 4) is 11.5 Å². The predicted molar refractivity (Wildman–Crippen MR) is 192 cm³/mol. The molecule has 0 amide bonds. The van der Waals surface area contributed by atoms with Gasteiger partial charge >= 0.3 is 11.9 Å². The van der Waals surface area contributed by atoms with E-state index in [1.807, 2.05) is 72.8 Å². The summed E-state index contributed by atoms with van der Waals surface area (Å²) >= 11 is 0. The molecule has 1 saturated heterocycles. The minimum Gasteiger partial charge on any atom is -0.461 e. The molecule has 6 rings (SSSR count). The van der Waals surface area contributed by atoms with Gasteiger partial charge in [-0.3, -0.25) is 0 Å². The number of rotatable bonds is 14. The summed E-state index contributed by atoms with van der Waals surface area (Å²) in [5.74, 6) is -0.371. The summed E-state index contributed by atoms with van der Waals surface area (Å²) in [6, 6.07) is 44.1. The first-order valence-electron chi connectivity index (χ1n) is 17.2. The van der Waals surface area contributed by atoms with Gasteiger partial charge in [0.2, 0.25) is 6.29 Å². The molecule has 8 nitrogen and oxygen atoms in total. The zero-order valence-corrected chi connectivity index (χ0v) is 28.7. The van der Waals surface area contributed by atoms with E-state index in [-0.39, 0.29) is 18.4 Å². The first-order chi connectivity index (χ1) is 24.9. The summed E-state index contributed by atoms with van der Waals surface area (Å²) in [6.07, 6.45) is -3.09. The lowest BCUT2D eigenvalue weighted by atomic mass is 9.80.